The molecule has 1 N–H and O–H groups in total. The van der Waals surface area contributed by atoms with Crippen molar-refractivity contribution >= 4 is 0 Å². The van der Waals surface area contributed by atoms with E-state index in [1.165, 1.54) is 19.3 Å². The predicted octanol–water partition coefficient (Wildman–Crippen LogP) is 2.19. The summed E-state index contributed by atoms with van der Waals surface area (Å²) < 4.78 is 0. The molecule has 1 unspecified atom stereocenters. The van der Waals surface area contributed by atoms with E-state index in [-0.39, 0.29) is 6.10 Å². The van der Waals surface area contributed by atoms with Crippen molar-refractivity contribution in [2.75, 3.05) is 0 Å². The summed E-state index contributed by atoms with van der Waals surface area (Å²) in [5.41, 5.74) is 0. The van der Waals surface area contributed by atoms with E-state index >= 15 is 0 Å². The van der Waals surface area contributed by atoms with Crippen LogP contribution in [-0.4, -0.2) is 11.2 Å². The molecule has 0 aliphatic heterocycles. The third-order valence-corrected chi connectivity index (χ3v) is 2.47. The van der Waals surface area contributed by atoms with E-state index in [0.29, 0.717) is 0 Å². The number of hydrogen-bond donors (Lipinski definition) is 1. The summed E-state index contributed by atoms with van der Waals surface area (Å²) in [6.45, 7) is 4.18. The van der Waals surface area contributed by atoms with Crippen LogP contribution in [0.4, 0.5) is 0 Å². The first kappa shape index (κ1) is 8.06. The van der Waals surface area contributed by atoms with E-state index in [4.69, 9.17) is 5.11 Å². The molecular formula is C9H18O. The number of aliphatic hydroxyl groups is 1. The Morgan fingerprint density at radius 3 is 2.30 bits per heavy atom. The Morgan fingerprint density at radius 2 is 1.90 bits per heavy atom. The summed E-state index contributed by atoms with van der Waals surface area (Å²) >= 11 is 0. The molecule has 0 aromatic heterocycles. The summed E-state index contributed by atoms with van der Waals surface area (Å²) in [7, 11) is 0. The van der Waals surface area contributed by atoms with Crippen molar-refractivity contribution in [3.63, 3.8) is 0 Å². The fourth-order valence-corrected chi connectivity index (χ4v) is 1.41. The van der Waals surface area contributed by atoms with E-state index in [0.717, 1.165) is 18.3 Å². The van der Waals surface area contributed by atoms with Crippen molar-refractivity contribution in [1.82, 2.24) is 0 Å². The molecule has 1 heteroatoms. The van der Waals surface area contributed by atoms with Gasteiger partial charge in [0, 0.05) is 0 Å². The molecule has 2 atom stereocenters. The zero-order chi connectivity index (χ0) is 7.56. The van der Waals surface area contributed by atoms with Crippen molar-refractivity contribution in [2.45, 2.75) is 45.6 Å². The highest BCUT2D eigenvalue weighted by atomic mass is 16.3. The molecule has 0 aromatic carbocycles. The lowest BCUT2D eigenvalue weighted by atomic mass is 9.99. The first-order valence-corrected chi connectivity index (χ1v) is 4.38. The molecule has 0 aromatic rings. The van der Waals surface area contributed by atoms with Gasteiger partial charge in [-0.05, 0) is 44.4 Å². The highest BCUT2D eigenvalue weighted by Gasteiger charge is 2.27. The molecule has 1 rings (SSSR count). The van der Waals surface area contributed by atoms with Crippen LogP contribution in [0, 0.1) is 11.8 Å². The van der Waals surface area contributed by atoms with Crippen LogP contribution in [0.3, 0.4) is 0 Å². The topological polar surface area (TPSA) is 20.2 Å². The summed E-state index contributed by atoms with van der Waals surface area (Å²) in [6.07, 6.45) is 4.96. The Morgan fingerprint density at radius 1 is 1.30 bits per heavy atom. The van der Waals surface area contributed by atoms with E-state index in [1.807, 2.05) is 6.92 Å². The van der Waals surface area contributed by atoms with Crippen molar-refractivity contribution in [1.29, 1.82) is 0 Å². The van der Waals surface area contributed by atoms with Gasteiger partial charge in [-0.15, -0.1) is 0 Å². The second kappa shape index (κ2) is 3.38. The monoisotopic (exact) mass is 142 g/mol. The van der Waals surface area contributed by atoms with E-state index < -0.39 is 0 Å². The molecule has 0 radical (unpaired) electrons. The van der Waals surface area contributed by atoms with Gasteiger partial charge in [0.15, 0.2) is 0 Å². The van der Waals surface area contributed by atoms with Gasteiger partial charge in [-0.2, -0.15) is 0 Å². The number of aliphatic hydroxyl groups excluding tert-OH is 1. The number of hydrogen-bond acceptors (Lipinski definition) is 1. The van der Waals surface area contributed by atoms with Gasteiger partial charge in [-0.1, -0.05) is 6.92 Å². The second-order valence-corrected chi connectivity index (χ2v) is 3.74. The van der Waals surface area contributed by atoms with Crippen LogP contribution < -0.4 is 0 Å². The Bertz CT molecular complexity index is 94.9. The molecule has 0 spiro atoms. The Labute approximate surface area is 63.4 Å². The highest BCUT2D eigenvalue weighted by Crippen LogP contribution is 2.38. The first-order chi connectivity index (χ1) is 4.70. The molecule has 0 amide bonds. The smallest absolute Gasteiger partial charge is 0.0512 e. The van der Waals surface area contributed by atoms with Gasteiger partial charge in [-0.3, -0.25) is 0 Å². The van der Waals surface area contributed by atoms with Crippen molar-refractivity contribution in [3.8, 4) is 0 Å². The molecule has 1 nitrogen and oxygen atoms in total. The standard InChI is InChI=1S/C9H18O/c1-7(9-5-6-9)3-4-8(2)10/h7-10H,3-6H2,1-2H3/t7?,8-/m0/s1. The summed E-state index contributed by atoms with van der Waals surface area (Å²) in [5, 5.41) is 9.00. The van der Waals surface area contributed by atoms with E-state index in [2.05, 4.69) is 6.92 Å². The average Bonchev–Trinajstić information content (AvgIpc) is 2.63. The first-order valence-electron chi connectivity index (χ1n) is 4.38. The third-order valence-electron chi connectivity index (χ3n) is 2.47. The maximum atomic E-state index is 9.00. The summed E-state index contributed by atoms with van der Waals surface area (Å²) in [4.78, 5) is 0. The summed E-state index contributed by atoms with van der Waals surface area (Å²) in [6, 6.07) is 0. The highest BCUT2D eigenvalue weighted by molar-refractivity contribution is 4.78. The molecule has 1 saturated carbocycles. The fraction of sp³-hybridized carbons (Fsp3) is 1.00. The summed E-state index contributed by atoms with van der Waals surface area (Å²) in [5.74, 6) is 1.85. The molecule has 0 heterocycles. The van der Waals surface area contributed by atoms with Crippen LogP contribution in [0.2, 0.25) is 0 Å². The molecule has 60 valence electrons. The Balaban J connectivity index is 2.00. The molecule has 1 aliphatic carbocycles. The van der Waals surface area contributed by atoms with Crippen LogP contribution in [0.1, 0.15) is 39.5 Å². The minimum Gasteiger partial charge on any atom is -0.393 e. The van der Waals surface area contributed by atoms with E-state index in [1.54, 1.807) is 0 Å². The molecule has 0 bridgehead atoms. The second-order valence-electron chi connectivity index (χ2n) is 3.74. The van der Waals surface area contributed by atoms with Gasteiger partial charge in [0.05, 0.1) is 6.10 Å². The van der Waals surface area contributed by atoms with Crippen molar-refractivity contribution < 1.29 is 5.11 Å². The molecule has 10 heavy (non-hydrogen) atoms. The Hall–Kier alpha value is -0.0400. The average molecular weight is 142 g/mol. The quantitative estimate of drug-likeness (QED) is 0.638. The van der Waals surface area contributed by atoms with Gasteiger partial charge < -0.3 is 5.11 Å². The zero-order valence-corrected chi connectivity index (χ0v) is 7.01. The fourth-order valence-electron chi connectivity index (χ4n) is 1.41. The minimum atomic E-state index is -0.0961. The number of rotatable bonds is 4. The van der Waals surface area contributed by atoms with Crippen LogP contribution in [-0.2, 0) is 0 Å². The SMILES string of the molecule is CC(CC[C@H](C)O)C1CC1. The van der Waals surface area contributed by atoms with Crippen LogP contribution in [0.5, 0.6) is 0 Å². The van der Waals surface area contributed by atoms with Crippen LogP contribution >= 0.6 is 0 Å². The van der Waals surface area contributed by atoms with E-state index in [9.17, 15) is 0 Å². The lowest BCUT2D eigenvalue weighted by molar-refractivity contribution is 0.172. The van der Waals surface area contributed by atoms with Gasteiger partial charge >= 0.3 is 0 Å². The molecule has 1 aliphatic rings. The van der Waals surface area contributed by atoms with Crippen LogP contribution in [0.25, 0.3) is 0 Å². The maximum Gasteiger partial charge on any atom is 0.0512 e. The van der Waals surface area contributed by atoms with Crippen LogP contribution in [0.15, 0.2) is 0 Å². The lowest BCUT2D eigenvalue weighted by Crippen LogP contribution is -2.04. The van der Waals surface area contributed by atoms with Gasteiger partial charge in [0.2, 0.25) is 0 Å². The third kappa shape index (κ3) is 2.70. The van der Waals surface area contributed by atoms with Crippen molar-refractivity contribution in [3.05, 3.63) is 0 Å². The van der Waals surface area contributed by atoms with Gasteiger partial charge in [0.25, 0.3) is 0 Å². The molecule has 0 saturated heterocycles. The zero-order valence-electron chi connectivity index (χ0n) is 7.01. The predicted molar refractivity (Wildman–Crippen MR) is 42.8 cm³/mol. The molecular weight excluding hydrogens is 124 g/mol. The maximum absolute atomic E-state index is 9.00. The van der Waals surface area contributed by atoms with Gasteiger partial charge in [0.1, 0.15) is 0 Å². The lowest BCUT2D eigenvalue weighted by Gasteiger charge is -2.10. The normalized spacial score (nSPS) is 24.3. The minimum absolute atomic E-state index is 0.0961. The molecule has 1 fully saturated rings. The largest absolute Gasteiger partial charge is 0.393 e. The Kier molecular flexibility index (Phi) is 2.72. The van der Waals surface area contributed by atoms with Gasteiger partial charge in [-0.25, -0.2) is 0 Å². The van der Waals surface area contributed by atoms with Crippen molar-refractivity contribution in [2.24, 2.45) is 11.8 Å².